The maximum atomic E-state index is 11.5. The second kappa shape index (κ2) is 8.69. The number of imidazole rings is 1. The molecular formula is C22H19ClN4O4. The summed E-state index contributed by atoms with van der Waals surface area (Å²) in [6.45, 7) is 3.39. The molecule has 0 radical (unpaired) electrons. The topological polar surface area (TPSA) is 96.2 Å². The van der Waals surface area contributed by atoms with Gasteiger partial charge in [0.1, 0.15) is 23.3 Å². The minimum atomic E-state index is -0.417. The highest BCUT2D eigenvalue weighted by Gasteiger charge is 2.13. The fourth-order valence-electron chi connectivity index (χ4n) is 3.45. The maximum Gasteiger partial charge on any atom is 0.308 e. The number of esters is 2. The van der Waals surface area contributed by atoms with Crippen molar-refractivity contribution in [2.75, 3.05) is 0 Å². The summed E-state index contributed by atoms with van der Waals surface area (Å²) < 4.78 is 12.6. The molecule has 4 rings (SSSR count). The molecule has 0 spiro atoms. The number of hydrogen-bond donors (Lipinski definition) is 0. The van der Waals surface area contributed by atoms with Crippen LogP contribution in [0.5, 0.6) is 11.5 Å². The van der Waals surface area contributed by atoms with Crippen molar-refractivity contribution < 1.29 is 19.1 Å². The molecule has 0 unspecified atom stereocenters. The lowest BCUT2D eigenvalue weighted by Gasteiger charge is -2.12. The van der Waals surface area contributed by atoms with E-state index in [0.29, 0.717) is 45.1 Å². The fraction of sp³-hybridized carbons (Fsp3) is 0.227. The number of benzene rings is 2. The monoisotopic (exact) mass is 438 g/mol. The number of rotatable bonds is 6. The molecular weight excluding hydrogens is 420 g/mol. The molecule has 0 saturated heterocycles. The van der Waals surface area contributed by atoms with E-state index >= 15 is 0 Å². The first kappa shape index (κ1) is 20.7. The number of ether oxygens (including phenoxy) is 2. The number of carbonyl (C=O) groups excluding carboxylic acids is 2. The van der Waals surface area contributed by atoms with Crippen molar-refractivity contribution in [1.29, 1.82) is 0 Å². The van der Waals surface area contributed by atoms with Crippen LogP contribution < -0.4 is 9.47 Å². The molecule has 0 aliphatic carbocycles. The highest BCUT2D eigenvalue weighted by atomic mass is 35.5. The van der Waals surface area contributed by atoms with Crippen LogP contribution in [0.15, 0.2) is 43.0 Å². The number of fused-ring (bicyclic) bond motifs is 2. The van der Waals surface area contributed by atoms with Crippen molar-refractivity contribution in [3.05, 3.63) is 53.7 Å². The first-order valence-electron chi connectivity index (χ1n) is 9.66. The molecule has 8 nitrogen and oxygen atoms in total. The van der Waals surface area contributed by atoms with E-state index in [-0.39, 0.29) is 0 Å². The minimum Gasteiger partial charge on any atom is -0.426 e. The molecule has 158 valence electrons. The van der Waals surface area contributed by atoms with E-state index in [1.807, 2.05) is 22.8 Å². The van der Waals surface area contributed by atoms with Gasteiger partial charge in [-0.25, -0.2) is 15.0 Å². The molecule has 2 aromatic heterocycles. The number of nitrogens with zero attached hydrogens (tertiary/aromatic N) is 4. The number of carbonyl (C=O) groups is 2. The number of aryl methyl sites for hydroxylation is 2. The molecule has 0 amide bonds. The Labute approximate surface area is 182 Å². The summed E-state index contributed by atoms with van der Waals surface area (Å²) in [4.78, 5) is 35.4. The Hall–Kier alpha value is -3.52. The number of hydrogen-bond acceptors (Lipinski definition) is 7. The smallest absolute Gasteiger partial charge is 0.308 e. The third-order valence-electron chi connectivity index (χ3n) is 4.73. The quantitative estimate of drug-likeness (QED) is 0.254. The van der Waals surface area contributed by atoms with Gasteiger partial charge in [0.2, 0.25) is 0 Å². The fourth-order valence-corrected chi connectivity index (χ4v) is 3.63. The van der Waals surface area contributed by atoms with Gasteiger partial charge in [0.15, 0.2) is 10.8 Å². The minimum absolute atomic E-state index is 0.333. The van der Waals surface area contributed by atoms with Crippen LogP contribution >= 0.6 is 11.6 Å². The second-order valence-electron chi connectivity index (χ2n) is 7.01. The first-order valence-corrected chi connectivity index (χ1v) is 10.0. The van der Waals surface area contributed by atoms with Crippen LogP contribution in [0.1, 0.15) is 25.8 Å². The summed E-state index contributed by atoms with van der Waals surface area (Å²) in [5.74, 6) is 0.0141. The van der Waals surface area contributed by atoms with E-state index in [1.54, 1.807) is 18.5 Å². The summed E-state index contributed by atoms with van der Waals surface area (Å²) >= 11 is 6.06. The van der Waals surface area contributed by atoms with Crippen LogP contribution in [0.4, 0.5) is 0 Å². The number of halogens is 1. The molecule has 4 aromatic rings. The van der Waals surface area contributed by atoms with Gasteiger partial charge in [-0.15, -0.1) is 0 Å². The van der Waals surface area contributed by atoms with E-state index < -0.39 is 11.9 Å². The van der Waals surface area contributed by atoms with Crippen LogP contribution in [0.3, 0.4) is 0 Å². The zero-order valence-corrected chi connectivity index (χ0v) is 17.7. The van der Waals surface area contributed by atoms with Crippen LogP contribution in [-0.4, -0.2) is 31.5 Å². The molecule has 31 heavy (non-hydrogen) atoms. The summed E-state index contributed by atoms with van der Waals surface area (Å²) in [5, 5.41) is 1.74. The van der Waals surface area contributed by atoms with Crippen LogP contribution in [-0.2, 0) is 22.6 Å². The predicted octanol–water partition coefficient (Wildman–Crippen LogP) is 4.12. The Morgan fingerprint density at radius 3 is 2.39 bits per heavy atom. The van der Waals surface area contributed by atoms with Gasteiger partial charge in [0.05, 0.1) is 6.33 Å². The lowest BCUT2D eigenvalue weighted by atomic mass is 10.0. The Bertz CT molecular complexity index is 1300. The van der Waals surface area contributed by atoms with Crippen LogP contribution in [0, 0.1) is 0 Å². The third kappa shape index (κ3) is 4.49. The molecule has 0 bridgehead atoms. The standard InChI is InChI=1S/C22H19ClN4O4/c1-13(28)30-18-7-8-19(31-14(2)29)17-10-15(5-6-16(17)18)4-3-9-27-12-26-20-21(23)24-11-25-22(20)27/h5-8,10-12H,3-4,9H2,1-2H3. The van der Waals surface area contributed by atoms with Crippen LogP contribution in [0.2, 0.25) is 5.15 Å². The maximum absolute atomic E-state index is 11.5. The van der Waals surface area contributed by atoms with Crippen molar-refractivity contribution in [1.82, 2.24) is 19.5 Å². The van der Waals surface area contributed by atoms with E-state index in [0.717, 1.165) is 18.4 Å². The van der Waals surface area contributed by atoms with E-state index in [2.05, 4.69) is 15.0 Å². The van der Waals surface area contributed by atoms with E-state index in [9.17, 15) is 9.59 Å². The number of aromatic nitrogens is 4. The summed E-state index contributed by atoms with van der Waals surface area (Å²) in [6, 6.07) is 9.05. The zero-order chi connectivity index (χ0) is 22.0. The Balaban J connectivity index is 1.58. The summed E-state index contributed by atoms with van der Waals surface area (Å²) in [6.07, 6.45) is 4.72. The lowest BCUT2D eigenvalue weighted by molar-refractivity contribution is -0.132. The highest BCUT2D eigenvalue weighted by molar-refractivity contribution is 6.33. The van der Waals surface area contributed by atoms with Crippen molar-refractivity contribution >= 4 is 45.5 Å². The van der Waals surface area contributed by atoms with Gasteiger partial charge >= 0.3 is 11.9 Å². The molecule has 0 atom stereocenters. The molecule has 0 aliphatic heterocycles. The Morgan fingerprint density at radius 2 is 1.68 bits per heavy atom. The molecule has 2 heterocycles. The summed E-state index contributed by atoms with van der Waals surface area (Å²) in [7, 11) is 0. The normalized spacial score (nSPS) is 11.1. The van der Waals surface area contributed by atoms with Crippen LogP contribution in [0.25, 0.3) is 21.9 Å². The molecule has 0 saturated carbocycles. The van der Waals surface area contributed by atoms with Gasteiger partial charge in [0.25, 0.3) is 0 Å². The summed E-state index contributed by atoms with van der Waals surface area (Å²) in [5.41, 5.74) is 2.33. The van der Waals surface area contributed by atoms with Gasteiger partial charge in [0, 0.05) is 31.2 Å². The molecule has 0 N–H and O–H groups in total. The SMILES string of the molecule is CC(=O)Oc1ccc(OC(C)=O)c2cc(CCCn3cnc4c(Cl)ncnc43)ccc12. The third-order valence-corrected chi connectivity index (χ3v) is 5.01. The van der Waals surface area contributed by atoms with Crippen molar-refractivity contribution in [2.45, 2.75) is 33.2 Å². The molecule has 9 heteroatoms. The average Bonchev–Trinajstić information content (AvgIpc) is 3.14. The zero-order valence-electron chi connectivity index (χ0n) is 17.0. The van der Waals surface area contributed by atoms with Gasteiger partial charge in [-0.3, -0.25) is 9.59 Å². The lowest BCUT2D eigenvalue weighted by Crippen LogP contribution is -2.05. The van der Waals surface area contributed by atoms with Gasteiger partial charge < -0.3 is 14.0 Å². The highest BCUT2D eigenvalue weighted by Crippen LogP contribution is 2.34. The van der Waals surface area contributed by atoms with Gasteiger partial charge in [-0.1, -0.05) is 23.7 Å². The Morgan fingerprint density at radius 1 is 0.968 bits per heavy atom. The predicted molar refractivity (Wildman–Crippen MR) is 115 cm³/mol. The van der Waals surface area contributed by atoms with Crippen molar-refractivity contribution in [2.24, 2.45) is 0 Å². The molecule has 2 aromatic carbocycles. The second-order valence-corrected chi connectivity index (χ2v) is 7.37. The van der Waals surface area contributed by atoms with Gasteiger partial charge in [-0.2, -0.15) is 0 Å². The Kier molecular flexibility index (Phi) is 5.81. The van der Waals surface area contributed by atoms with E-state index in [1.165, 1.54) is 20.2 Å². The molecule has 0 fully saturated rings. The first-order chi connectivity index (χ1) is 14.9. The van der Waals surface area contributed by atoms with E-state index in [4.69, 9.17) is 21.1 Å². The largest absolute Gasteiger partial charge is 0.426 e. The van der Waals surface area contributed by atoms with Crippen molar-refractivity contribution in [3.63, 3.8) is 0 Å². The van der Waals surface area contributed by atoms with Crippen molar-refractivity contribution in [3.8, 4) is 11.5 Å². The average molecular weight is 439 g/mol. The molecule has 0 aliphatic rings. The van der Waals surface area contributed by atoms with Gasteiger partial charge in [-0.05, 0) is 36.6 Å².